The molecule has 5 unspecified atom stereocenters. The molecule has 0 saturated heterocycles. The standard InChI is InChI=1S/C93H152O17P2/c1-5-9-13-17-21-25-29-33-37-40-43-46-50-53-57-61-65-69-73-77-90(95)103-83-88(109-92(97)79-75-71-67-63-59-55-49-36-32-28-24-20-16-12-8-4)85-107-111(99,100)105-81-87(94)82-106-112(101,102)108-86-89(110-93(98)80-76-72-68-64-60-56-52-48-45-42-39-35-31-27-23-19-15-11-7-3)84-104-91(96)78-74-70-66-62-58-54-51-47-44-41-38-34-30-26-22-18-14-10-6-2/h9-11,13-15,21-28,33-39,43-49,53,57,87-89,94H,5-8,12,16-20,29-32,40-42,50-52,54-56,58-86H2,1-4H3,(H,99,100)(H,101,102)/b13-9-,14-10-,15-11-,25-21-,26-22-,27-23-,28-24-,37-33-,38-34-,39-35-,46-43-,47-44-,48-45-,49-36-,57-53-. The van der Waals surface area contributed by atoms with E-state index in [1.807, 2.05) is 0 Å². The fourth-order valence-electron chi connectivity index (χ4n) is 10.9. The molecular weight excluding hydrogens is 1450 g/mol. The third kappa shape index (κ3) is 82.2. The summed E-state index contributed by atoms with van der Waals surface area (Å²) in [6.07, 6.45) is 101. The second kappa shape index (κ2) is 83.1. The van der Waals surface area contributed by atoms with Crippen LogP contribution in [0.2, 0.25) is 0 Å². The summed E-state index contributed by atoms with van der Waals surface area (Å²) in [7, 11) is -10.0. The van der Waals surface area contributed by atoms with E-state index in [1.54, 1.807) is 0 Å². The van der Waals surface area contributed by atoms with Gasteiger partial charge >= 0.3 is 39.5 Å². The Morgan fingerprint density at radius 3 is 0.723 bits per heavy atom. The highest BCUT2D eigenvalue weighted by atomic mass is 31.2. The Hall–Kier alpha value is -5.84. The molecule has 17 nitrogen and oxygen atoms in total. The van der Waals surface area contributed by atoms with E-state index in [2.05, 4.69) is 210 Å². The van der Waals surface area contributed by atoms with E-state index in [0.29, 0.717) is 25.7 Å². The molecule has 0 aromatic heterocycles. The van der Waals surface area contributed by atoms with Crippen LogP contribution in [-0.2, 0) is 65.4 Å². The molecule has 0 saturated carbocycles. The zero-order valence-corrected chi connectivity index (χ0v) is 71.6. The van der Waals surface area contributed by atoms with Gasteiger partial charge in [0, 0.05) is 25.7 Å². The van der Waals surface area contributed by atoms with Gasteiger partial charge in [0.2, 0.25) is 0 Å². The quantitative estimate of drug-likeness (QED) is 0.0169. The lowest BCUT2D eigenvalue weighted by molar-refractivity contribution is -0.161. The SMILES string of the molecule is CC/C=C\C/C=C\C/C=C\C/C=C\C/C=C\CCCCCC(=O)OCC(COP(=O)(O)OCC(O)COP(=O)(O)OCC(COC(=O)CCCCCCCC/C=C\C/C=C\C/C=C\C/C=C\CC)OC(=O)CCCCCCCC/C=C\C/C=C\C/C=C\C/C=C\CC)OC(=O)CCCCCCC/C=C\C/C=C\CCCCC. The molecule has 3 N–H and O–H groups in total. The fourth-order valence-corrected chi connectivity index (χ4v) is 12.5. The van der Waals surface area contributed by atoms with Crippen molar-refractivity contribution in [2.75, 3.05) is 39.6 Å². The van der Waals surface area contributed by atoms with E-state index in [4.69, 9.17) is 37.0 Å². The van der Waals surface area contributed by atoms with Crippen LogP contribution < -0.4 is 0 Å². The van der Waals surface area contributed by atoms with E-state index in [-0.39, 0.29) is 25.7 Å². The minimum atomic E-state index is -5.00. The Kier molecular flexibility index (Phi) is 78.8. The van der Waals surface area contributed by atoms with Crippen molar-refractivity contribution in [2.45, 2.75) is 341 Å². The van der Waals surface area contributed by atoms with Gasteiger partial charge in [-0.25, -0.2) is 9.13 Å². The lowest BCUT2D eigenvalue weighted by Crippen LogP contribution is -2.30. The number of rotatable bonds is 79. The van der Waals surface area contributed by atoms with Crippen LogP contribution in [-0.4, -0.2) is 96.7 Å². The van der Waals surface area contributed by atoms with E-state index in [9.17, 15) is 43.2 Å². The van der Waals surface area contributed by atoms with Crippen molar-refractivity contribution >= 4 is 39.5 Å². The molecule has 636 valence electrons. The Morgan fingerprint density at radius 1 is 0.259 bits per heavy atom. The van der Waals surface area contributed by atoms with Crippen LogP contribution in [0.3, 0.4) is 0 Å². The molecule has 5 atom stereocenters. The molecule has 0 rings (SSSR count). The minimum Gasteiger partial charge on any atom is -0.462 e. The molecule has 0 amide bonds. The molecule has 0 spiro atoms. The number of ether oxygens (including phenoxy) is 4. The maximum atomic E-state index is 13.2. The molecule has 0 aliphatic carbocycles. The van der Waals surface area contributed by atoms with Gasteiger partial charge in [0.1, 0.15) is 19.3 Å². The number of hydrogen-bond acceptors (Lipinski definition) is 15. The predicted octanol–water partition coefficient (Wildman–Crippen LogP) is 25.9. The van der Waals surface area contributed by atoms with Crippen molar-refractivity contribution in [1.29, 1.82) is 0 Å². The largest absolute Gasteiger partial charge is 0.472 e. The van der Waals surface area contributed by atoms with Gasteiger partial charge < -0.3 is 33.8 Å². The highest BCUT2D eigenvalue weighted by molar-refractivity contribution is 7.47. The average molecular weight is 1600 g/mol. The van der Waals surface area contributed by atoms with Crippen molar-refractivity contribution in [3.63, 3.8) is 0 Å². The number of esters is 4. The number of allylic oxidation sites excluding steroid dienone is 30. The molecule has 0 radical (unpaired) electrons. The van der Waals surface area contributed by atoms with Crippen molar-refractivity contribution in [3.8, 4) is 0 Å². The number of aliphatic hydroxyl groups is 1. The molecular formula is C93H152O17P2. The van der Waals surface area contributed by atoms with E-state index < -0.39 is 97.5 Å². The molecule has 112 heavy (non-hydrogen) atoms. The number of phosphoric ester groups is 2. The Bertz CT molecular complexity index is 2840. The van der Waals surface area contributed by atoms with Gasteiger partial charge in [-0.3, -0.25) is 37.3 Å². The third-order valence-corrected chi connectivity index (χ3v) is 19.2. The number of unbranched alkanes of at least 4 members (excludes halogenated alkanes) is 23. The number of hydrogen-bond donors (Lipinski definition) is 3. The molecule has 0 aromatic carbocycles. The number of carbonyl (C=O) groups excluding carboxylic acids is 4. The second-order valence-corrected chi connectivity index (χ2v) is 30.9. The molecule has 0 aliphatic rings. The van der Waals surface area contributed by atoms with Gasteiger partial charge in [-0.15, -0.1) is 0 Å². The first-order valence-corrected chi connectivity index (χ1v) is 46.0. The normalized spacial score (nSPS) is 14.7. The average Bonchev–Trinajstić information content (AvgIpc) is 0.898. The summed E-state index contributed by atoms with van der Waals surface area (Å²) in [5.74, 6) is -2.26. The van der Waals surface area contributed by atoms with Crippen LogP contribution in [0.25, 0.3) is 0 Å². The van der Waals surface area contributed by atoms with E-state index >= 15 is 0 Å². The van der Waals surface area contributed by atoms with Crippen molar-refractivity contribution < 1.29 is 80.2 Å². The summed E-state index contributed by atoms with van der Waals surface area (Å²) >= 11 is 0. The summed E-state index contributed by atoms with van der Waals surface area (Å²) in [5, 5.41) is 10.7. The summed E-state index contributed by atoms with van der Waals surface area (Å²) < 4.78 is 68.8. The Morgan fingerprint density at radius 2 is 0.464 bits per heavy atom. The van der Waals surface area contributed by atoms with E-state index in [0.717, 1.165) is 225 Å². The van der Waals surface area contributed by atoms with Crippen molar-refractivity contribution in [3.05, 3.63) is 182 Å². The summed E-state index contributed by atoms with van der Waals surface area (Å²) in [6.45, 7) is 4.44. The lowest BCUT2D eigenvalue weighted by atomic mass is 10.1. The summed E-state index contributed by atoms with van der Waals surface area (Å²) in [4.78, 5) is 73.3. The second-order valence-electron chi connectivity index (χ2n) is 28.0. The predicted molar refractivity (Wildman–Crippen MR) is 463 cm³/mol. The molecule has 0 heterocycles. The fraction of sp³-hybridized carbons (Fsp3) is 0.634. The topological polar surface area (TPSA) is 237 Å². The van der Waals surface area contributed by atoms with Gasteiger partial charge in [-0.05, 0) is 180 Å². The molecule has 0 bridgehead atoms. The first kappa shape index (κ1) is 106. The Labute approximate surface area is 679 Å². The Balaban J connectivity index is 5.47. The highest BCUT2D eigenvalue weighted by Gasteiger charge is 2.30. The van der Waals surface area contributed by atoms with Crippen molar-refractivity contribution in [1.82, 2.24) is 0 Å². The van der Waals surface area contributed by atoms with Gasteiger partial charge in [-0.1, -0.05) is 300 Å². The maximum Gasteiger partial charge on any atom is 0.472 e. The van der Waals surface area contributed by atoms with Gasteiger partial charge in [-0.2, -0.15) is 0 Å². The van der Waals surface area contributed by atoms with Crippen LogP contribution in [0, 0.1) is 0 Å². The number of phosphoric acid groups is 2. The first-order chi connectivity index (χ1) is 54.7. The van der Waals surface area contributed by atoms with Gasteiger partial charge in [0.15, 0.2) is 12.2 Å². The maximum absolute atomic E-state index is 13.2. The number of carbonyl (C=O) groups is 4. The van der Waals surface area contributed by atoms with Gasteiger partial charge in [0.05, 0.1) is 26.4 Å². The highest BCUT2D eigenvalue weighted by Crippen LogP contribution is 2.45. The van der Waals surface area contributed by atoms with Crippen molar-refractivity contribution in [2.24, 2.45) is 0 Å². The molecule has 0 aliphatic heterocycles. The monoisotopic (exact) mass is 1600 g/mol. The summed E-state index contributed by atoms with van der Waals surface area (Å²) in [5.41, 5.74) is 0. The van der Waals surface area contributed by atoms with Crippen LogP contribution in [0.1, 0.15) is 323 Å². The molecule has 19 heteroatoms. The lowest BCUT2D eigenvalue weighted by Gasteiger charge is -2.21. The van der Waals surface area contributed by atoms with E-state index in [1.165, 1.54) is 19.3 Å². The zero-order chi connectivity index (χ0) is 81.7. The first-order valence-electron chi connectivity index (χ1n) is 43.0. The van der Waals surface area contributed by atoms with Crippen LogP contribution in [0.4, 0.5) is 0 Å². The van der Waals surface area contributed by atoms with Crippen LogP contribution in [0.15, 0.2) is 182 Å². The minimum absolute atomic E-state index is 0.0649. The molecule has 0 aromatic rings. The summed E-state index contributed by atoms with van der Waals surface area (Å²) in [6, 6.07) is 0. The third-order valence-electron chi connectivity index (χ3n) is 17.3. The molecule has 0 fully saturated rings. The van der Waals surface area contributed by atoms with Gasteiger partial charge in [0.25, 0.3) is 0 Å². The van der Waals surface area contributed by atoms with Crippen LogP contribution in [0.5, 0.6) is 0 Å². The number of aliphatic hydroxyl groups excluding tert-OH is 1. The van der Waals surface area contributed by atoms with Crippen LogP contribution >= 0.6 is 15.6 Å². The zero-order valence-electron chi connectivity index (χ0n) is 69.8. The smallest absolute Gasteiger partial charge is 0.462 e.